The largest absolute Gasteiger partial charge is 0.486 e. The molecule has 0 aliphatic carbocycles. The van der Waals surface area contributed by atoms with E-state index < -0.39 is 0 Å². The van der Waals surface area contributed by atoms with Gasteiger partial charge in [-0.3, -0.25) is 0 Å². The topological polar surface area (TPSA) is 54.5 Å². The highest BCUT2D eigenvalue weighted by Gasteiger charge is 2.21. The molecular formula is C20H29N3O2S. The van der Waals surface area contributed by atoms with Gasteiger partial charge in [-0.25, -0.2) is 9.78 Å². The van der Waals surface area contributed by atoms with Crippen LogP contribution in [-0.4, -0.2) is 28.0 Å². The number of nitrogens with one attached hydrogen (secondary N) is 1. The van der Waals surface area contributed by atoms with Crippen LogP contribution < -0.4 is 10.1 Å². The number of benzene rings is 1. The zero-order chi connectivity index (χ0) is 19.1. The summed E-state index contributed by atoms with van der Waals surface area (Å²) in [4.78, 5) is 19.0. The molecule has 1 heterocycles. The highest BCUT2D eigenvalue weighted by atomic mass is 32.1. The van der Waals surface area contributed by atoms with Crippen molar-refractivity contribution in [3.8, 4) is 5.75 Å². The molecule has 0 saturated carbocycles. The number of hydrogen-bond donors (Lipinski definition) is 1. The predicted molar refractivity (Wildman–Crippen MR) is 107 cm³/mol. The van der Waals surface area contributed by atoms with Gasteiger partial charge in [0.05, 0.1) is 12.2 Å². The third-order valence-electron chi connectivity index (χ3n) is 4.08. The molecule has 0 radical (unpaired) electrons. The van der Waals surface area contributed by atoms with Crippen molar-refractivity contribution in [2.75, 3.05) is 0 Å². The fourth-order valence-electron chi connectivity index (χ4n) is 2.49. The average molecular weight is 376 g/mol. The third-order valence-corrected chi connectivity index (χ3v) is 4.95. The van der Waals surface area contributed by atoms with Gasteiger partial charge in [0.15, 0.2) is 0 Å². The summed E-state index contributed by atoms with van der Waals surface area (Å²) in [5, 5.41) is 5.89. The average Bonchev–Trinajstić information content (AvgIpc) is 3.04. The summed E-state index contributed by atoms with van der Waals surface area (Å²) in [6, 6.07) is 8.21. The smallest absolute Gasteiger partial charge is 0.318 e. The lowest BCUT2D eigenvalue weighted by Gasteiger charge is -2.29. The van der Waals surface area contributed by atoms with E-state index in [1.807, 2.05) is 55.3 Å². The van der Waals surface area contributed by atoms with Crippen molar-refractivity contribution < 1.29 is 9.53 Å². The number of nitrogens with zero attached hydrogens (tertiary/aromatic N) is 2. The van der Waals surface area contributed by atoms with E-state index in [0.29, 0.717) is 13.2 Å². The molecule has 5 nitrogen and oxygen atoms in total. The van der Waals surface area contributed by atoms with Crippen LogP contribution in [0.2, 0.25) is 0 Å². The van der Waals surface area contributed by atoms with E-state index in [2.05, 4.69) is 24.1 Å². The highest BCUT2D eigenvalue weighted by Crippen LogP contribution is 2.18. The Balaban J connectivity index is 1.99. The Bertz CT molecular complexity index is 715. The molecule has 0 bridgehead atoms. The summed E-state index contributed by atoms with van der Waals surface area (Å²) in [6.45, 7) is 11.1. The Morgan fingerprint density at radius 1 is 1.35 bits per heavy atom. The lowest BCUT2D eigenvalue weighted by Crippen LogP contribution is -2.46. The van der Waals surface area contributed by atoms with Crippen LogP contribution >= 0.6 is 11.3 Å². The van der Waals surface area contributed by atoms with Crippen molar-refractivity contribution >= 4 is 17.4 Å². The van der Waals surface area contributed by atoms with Gasteiger partial charge < -0.3 is 15.0 Å². The van der Waals surface area contributed by atoms with Gasteiger partial charge in [-0.1, -0.05) is 19.1 Å². The molecule has 2 amide bonds. The Labute approximate surface area is 160 Å². The maximum atomic E-state index is 12.5. The molecular weight excluding hydrogens is 346 g/mol. The van der Waals surface area contributed by atoms with Crippen LogP contribution in [-0.2, 0) is 13.2 Å². The van der Waals surface area contributed by atoms with Gasteiger partial charge in [-0.15, -0.1) is 11.3 Å². The molecule has 0 aliphatic heterocycles. The van der Waals surface area contributed by atoms with Gasteiger partial charge in [0.1, 0.15) is 17.4 Å². The molecule has 0 fully saturated rings. The minimum atomic E-state index is -0.0417. The normalized spacial score (nSPS) is 12.1. The second-order valence-electron chi connectivity index (χ2n) is 6.83. The summed E-state index contributed by atoms with van der Waals surface area (Å²) >= 11 is 1.57. The number of ether oxygens (including phenoxy) is 1. The Morgan fingerprint density at radius 2 is 2.12 bits per heavy atom. The first-order chi connectivity index (χ1) is 12.4. The van der Waals surface area contributed by atoms with Crippen molar-refractivity contribution in [3.05, 3.63) is 45.9 Å². The fraction of sp³-hybridized carbons (Fsp3) is 0.500. The zero-order valence-electron chi connectivity index (χ0n) is 16.3. The molecule has 6 heteroatoms. The maximum absolute atomic E-state index is 12.5. The van der Waals surface area contributed by atoms with Crippen LogP contribution in [0.5, 0.6) is 5.75 Å². The van der Waals surface area contributed by atoms with Crippen LogP contribution in [0.25, 0.3) is 0 Å². The van der Waals surface area contributed by atoms with Gasteiger partial charge in [-0.05, 0) is 51.8 Å². The molecule has 142 valence electrons. The highest BCUT2D eigenvalue weighted by molar-refractivity contribution is 7.09. The number of aromatic nitrogens is 1. The van der Waals surface area contributed by atoms with Crippen LogP contribution in [0, 0.1) is 6.92 Å². The van der Waals surface area contributed by atoms with E-state index in [4.69, 9.17) is 4.74 Å². The number of aryl methyl sites for hydroxylation is 1. The van der Waals surface area contributed by atoms with Gasteiger partial charge in [0.25, 0.3) is 0 Å². The third kappa shape index (κ3) is 6.02. The van der Waals surface area contributed by atoms with E-state index in [1.54, 1.807) is 11.3 Å². The van der Waals surface area contributed by atoms with E-state index >= 15 is 0 Å². The standard InChI is InChI=1S/C20H29N3O2S/c1-6-16(5)23(20(24)21-14(2)3)11-17-13-26-19(22-17)12-25-18-9-7-8-15(4)10-18/h7-10,13-14,16H,6,11-12H2,1-5H3,(H,21,24). The molecule has 0 spiro atoms. The quantitative estimate of drug-likeness (QED) is 0.724. The van der Waals surface area contributed by atoms with Crippen LogP contribution in [0.1, 0.15) is 50.4 Å². The second kappa shape index (κ2) is 9.57. The summed E-state index contributed by atoms with van der Waals surface area (Å²) in [6.07, 6.45) is 0.902. The monoisotopic (exact) mass is 375 g/mol. The number of hydrogen-bond acceptors (Lipinski definition) is 4. The molecule has 2 rings (SSSR count). The van der Waals surface area contributed by atoms with E-state index in [9.17, 15) is 4.79 Å². The van der Waals surface area contributed by atoms with Gasteiger partial charge in [0, 0.05) is 17.5 Å². The van der Waals surface area contributed by atoms with Gasteiger partial charge in [-0.2, -0.15) is 0 Å². The Morgan fingerprint density at radius 3 is 2.77 bits per heavy atom. The molecule has 0 aliphatic rings. The summed E-state index contributed by atoms with van der Waals surface area (Å²) < 4.78 is 5.81. The molecule has 1 aromatic carbocycles. The number of amides is 2. The fourth-order valence-corrected chi connectivity index (χ4v) is 3.19. The Hall–Kier alpha value is -2.08. The van der Waals surface area contributed by atoms with Crippen molar-refractivity contribution in [3.63, 3.8) is 0 Å². The summed E-state index contributed by atoms with van der Waals surface area (Å²) in [5.41, 5.74) is 2.07. The molecule has 1 atom stereocenters. The van der Waals surface area contributed by atoms with Crippen LogP contribution in [0.3, 0.4) is 0 Å². The van der Waals surface area contributed by atoms with Crippen LogP contribution in [0.4, 0.5) is 4.79 Å². The minimum Gasteiger partial charge on any atom is -0.486 e. The van der Waals surface area contributed by atoms with Crippen molar-refractivity contribution in [2.45, 2.75) is 66.3 Å². The molecule has 26 heavy (non-hydrogen) atoms. The summed E-state index contributed by atoms with van der Waals surface area (Å²) in [5.74, 6) is 0.847. The van der Waals surface area contributed by atoms with E-state index in [-0.39, 0.29) is 18.1 Å². The Kier molecular flexibility index (Phi) is 7.45. The van der Waals surface area contributed by atoms with E-state index in [0.717, 1.165) is 22.9 Å². The first-order valence-corrected chi connectivity index (χ1v) is 9.96. The number of urea groups is 1. The molecule has 1 aromatic heterocycles. The number of carbonyl (C=O) groups is 1. The van der Waals surface area contributed by atoms with Gasteiger partial charge in [0.2, 0.25) is 0 Å². The van der Waals surface area contributed by atoms with Crippen molar-refractivity contribution in [2.24, 2.45) is 0 Å². The molecule has 0 saturated heterocycles. The van der Waals surface area contributed by atoms with E-state index in [1.165, 1.54) is 5.56 Å². The lowest BCUT2D eigenvalue weighted by atomic mass is 10.2. The zero-order valence-corrected chi connectivity index (χ0v) is 17.1. The molecule has 1 N–H and O–H groups in total. The lowest BCUT2D eigenvalue weighted by molar-refractivity contribution is 0.170. The van der Waals surface area contributed by atoms with Crippen LogP contribution in [0.15, 0.2) is 29.6 Å². The maximum Gasteiger partial charge on any atom is 0.318 e. The minimum absolute atomic E-state index is 0.0417. The van der Waals surface area contributed by atoms with Crippen molar-refractivity contribution in [1.29, 1.82) is 0 Å². The first-order valence-electron chi connectivity index (χ1n) is 9.09. The second-order valence-corrected chi connectivity index (χ2v) is 7.77. The summed E-state index contributed by atoms with van der Waals surface area (Å²) in [7, 11) is 0. The predicted octanol–water partition coefficient (Wildman–Crippen LogP) is 4.75. The number of thiazole rings is 1. The number of carbonyl (C=O) groups excluding carboxylic acids is 1. The SMILES string of the molecule is CCC(C)N(Cc1csc(COc2cccc(C)c2)n1)C(=O)NC(C)C. The van der Waals surface area contributed by atoms with Crippen molar-refractivity contribution in [1.82, 2.24) is 15.2 Å². The number of rotatable bonds is 8. The molecule has 1 unspecified atom stereocenters. The van der Waals surface area contributed by atoms with Gasteiger partial charge >= 0.3 is 6.03 Å². The first kappa shape index (κ1) is 20.2. The molecule has 2 aromatic rings.